The predicted molar refractivity (Wildman–Crippen MR) is 63.2 cm³/mol. The second-order valence-electron chi connectivity index (χ2n) is 4.13. The van der Waals surface area contributed by atoms with Crippen LogP contribution in [-0.4, -0.2) is 38.7 Å². The molecule has 0 fully saturated rings. The van der Waals surface area contributed by atoms with Gasteiger partial charge in [0.2, 0.25) is 0 Å². The standard InChI is InChI=1S/C6H6NO2S.C4H9.Sn/c1-2-9-6(8)5-3-10-4-7-5;1-4(2)3;/h4H,2H2,1H3;1-3H3;. The molecule has 1 aromatic heterocycles. The number of ether oxygens (including phenoxy) is 1. The second kappa shape index (κ2) is 5.29. The molecular formula is C10H15NO2SSn. The van der Waals surface area contributed by atoms with Crippen molar-refractivity contribution in [2.45, 2.75) is 31.1 Å². The van der Waals surface area contributed by atoms with Gasteiger partial charge in [0, 0.05) is 0 Å². The van der Waals surface area contributed by atoms with Gasteiger partial charge in [-0.2, -0.15) is 0 Å². The van der Waals surface area contributed by atoms with Crippen molar-refractivity contribution in [3.63, 3.8) is 0 Å². The SMILES string of the molecule is CCOC(=O)c1ncs[c]1[Sn][C](C)(C)C. The predicted octanol–water partition coefficient (Wildman–Crippen LogP) is 1.87. The van der Waals surface area contributed by atoms with E-state index in [1.54, 1.807) is 16.8 Å². The summed E-state index contributed by atoms with van der Waals surface area (Å²) in [5.74, 6) is -0.265. The van der Waals surface area contributed by atoms with Crippen LogP contribution < -0.4 is 2.89 Å². The summed E-state index contributed by atoms with van der Waals surface area (Å²) in [5, 5.41) is 0. The molecule has 1 rings (SSSR count). The van der Waals surface area contributed by atoms with Crippen LogP contribution in [0.2, 0.25) is 3.43 Å². The van der Waals surface area contributed by atoms with E-state index in [1.807, 2.05) is 6.92 Å². The third-order valence-electron chi connectivity index (χ3n) is 1.52. The average molecular weight is 332 g/mol. The molecule has 0 amide bonds. The Hall–Kier alpha value is -0.101. The van der Waals surface area contributed by atoms with E-state index in [0.717, 1.165) is 0 Å². The summed E-state index contributed by atoms with van der Waals surface area (Å²) in [7, 11) is 0. The van der Waals surface area contributed by atoms with Gasteiger partial charge in [0.15, 0.2) is 0 Å². The zero-order chi connectivity index (χ0) is 11.5. The third kappa shape index (κ3) is 4.10. The van der Waals surface area contributed by atoms with Crippen LogP contribution in [0.5, 0.6) is 0 Å². The van der Waals surface area contributed by atoms with E-state index in [2.05, 4.69) is 25.8 Å². The van der Waals surface area contributed by atoms with Gasteiger partial charge in [-0.1, -0.05) is 0 Å². The molecule has 0 aliphatic rings. The Morgan fingerprint density at radius 3 is 2.80 bits per heavy atom. The summed E-state index contributed by atoms with van der Waals surface area (Å²) in [6.07, 6.45) is 0. The van der Waals surface area contributed by atoms with Crippen molar-refractivity contribution in [1.82, 2.24) is 4.98 Å². The molecular weight excluding hydrogens is 317 g/mol. The first-order valence-corrected chi connectivity index (χ1v) is 8.56. The van der Waals surface area contributed by atoms with Crippen LogP contribution >= 0.6 is 11.3 Å². The zero-order valence-electron chi connectivity index (χ0n) is 9.46. The number of aromatic nitrogens is 1. The molecule has 0 aliphatic carbocycles. The number of esters is 1. The zero-order valence-corrected chi connectivity index (χ0v) is 13.1. The van der Waals surface area contributed by atoms with E-state index in [9.17, 15) is 4.79 Å². The van der Waals surface area contributed by atoms with Crippen molar-refractivity contribution in [3.05, 3.63) is 11.2 Å². The van der Waals surface area contributed by atoms with Crippen LogP contribution in [0.3, 0.4) is 0 Å². The quantitative estimate of drug-likeness (QED) is 0.627. The fourth-order valence-corrected chi connectivity index (χ4v) is 7.36. The van der Waals surface area contributed by atoms with Crippen molar-refractivity contribution in [3.8, 4) is 0 Å². The molecule has 0 aliphatic heterocycles. The Balaban J connectivity index is 2.82. The molecule has 5 heteroatoms. The van der Waals surface area contributed by atoms with Crippen LogP contribution in [0, 0.1) is 0 Å². The number of rotatable bonds is 3. The van der Waals surface area contributed by atoms with Crippen molar-refractivity contribution in [2.24, 2.45) is 0 Å². The van der Waals surface area contributed by atoms with Crippen LogP contribution in [0.1, 0.15) is 38.2 Å². The third-order valence-corrected chi connectivity index (χ3v) is 7.32. The van der Waals surface area contributed by atoms with E-state index in [-0.39, 0.29) is 5.97 Å². The summed E-state index contributed by atoms with van der Waals surface area (Å²) in [4.78, 5) is 15.7. The van der Waals surface area contributed by atoms with Crippen LogP contribution in [0.4, 0.5) is 0 Å². The van der Waals surface area contributed by atoms with Gasteiger partial charge in [-0.3, -0.25) is 0 Å². The van der Waals surface area contributed by atoms with Gasteiger partial charge in [-0.15, -0.1) is 0 Å². The minimum absolute atomic E-state index is 0.265. The fourth-order valence-electron chi connectivity index (χ4n) is 1.02. The fraction of sp³-hybridized carbons (Fsp3) is 0.600. The van der Waals surface area contributed by atoms with Gasteiger partial charge >= 0.3 is 105 Å². The Bertz CT molecular complexity index is 343. The molecule has 82 valence electrons. The minimum atomic E-state index is -0.759. The monoisotopic (exact) mass is 333 g/mol. The molecule has 0 unspecified atom stereocenters. The maximum atomic E-state index is 11.6. The first kappa shape index (κ1) is 13.0. The summed E-state index contributed by atoms with van der Waals surface area (Å²) in [6, 6.07) is 0. The number of thiazole rings is 1. The molecule has 0 aromatic carbocycles. The van der Waals surface area contributed by atoms with E-state index in [4.69, 9.17) is 4.74 Å². The molecule has 0 bridgehead atoms. The number of carbonyl (C=O) groups is 1. The Morgan fingerprint density at radius 1 is 1.60 bits per heavy atom. The second-order valence-corrected chi connectivity index (χ2v) is 12.4. The molecule has 0 spiro atoms. The van der Waals surface area contributed by atoms with Crippen LogP contribution in [-0.2, 0) is 4.74 Å². The van der Waals surface area contributed by atoms with E-state index < -0.39 is 21.1 Å². The van der Waals surface area contributed by atoms with Crippen LogP contribution in [0.25, 0.3) is 0 Å². The van der Waals surface area contributed by atoms with E-state index in [1.165, 1.54) is 2.89 Å². The Labute approximate surface area is 104 Å². The normalized spacial score (nSPS) is 11.5. The molecule has 15 heavy (non-hydrogen) atoms. The Kier molecular flexibility index (Phi) is 4.58. The molecule has 2 radical (unpaired) electrons. The van der Waals surface area contributed by atoms with E-state index >= 15 is 0 Å². The number of hydrogen-bond acceptors (Lipinski definition) is 4. The summed E-state index contributed by atoms with van der Waals surface area (Å²) in [5.41, 5.74) is 2.30. The van der Waals surface area contributed by atoms with Gasteiger partial charge in [-0.25, -0.2) is 0 Å². The maximum absolute atomic E-state index is 11.6. The summed E-state index contributed by atoms with van der Waals surface area (Å²) >= 11 is 0.835. The first-order valence-electron chi connectivity index (χ1n) is 4.83. The summed E-state index contributed by atoms with van der Waals surface area (Å²) in [6.45, 7) is 8.87. The van der Waals surface area contributed by atoms with E-state index in [0.29, 0.717) is 15.7 Å². The van der Waals surface area contributed by atoms with Gasteiger partial charge < -0.3 is 0 Å². The van der Waals surface area contributed by atoms with Crippen LogP contribution in [0.15, 0.2) is 5.51 Å². The average Bonchev–Trinajstić information content (AvgIpc) is 2.49. The van der Waals surface area contributed by atoms with Crippen molar-refractivity contribution in [2.75, 3.05) is 6.61 Å². The van der Waals surface area contributed by atoms with Gasteiger partial charge in [0.25, 0.3) is 0 Å². The van der Waals surface area contributed by atoms with Crippen molar-refractivity contribution < 1.29 is 9.53 Å². The van der Waals surface area contributed by atoms with Gasteiger partial charge in [-0.05, 0) is 0 Å². The van der Waals surface area contributed by atoms with Crippen molar-refractivity contribution >= 4 is 41.3 Å². The number of hydrogen-bond donors (Lipinski definition) is 0. The molecule has 0 saturated heterocycles. The molecule has 0 N–H and O–H groups in total. The molecule has 1 aromatic rings. The molecule has 3 nitrogen and oxygen atoms in total. The summed E-state index contributed by atoms with van der Waals surface area (Å²) < 4.78 is 6.49. The number of carbonyl (C=O) groups excluding carboxylic acids is 1. The van der Waals surface area contributed by atoms with Gasteiger partial charge in [0.05, 0.1) is 0 Å². The topological polar surface area (TPSA) is 39.2 Å². The first-order chi connectivity index (χ1) is 6.94. The Morgan fingerprint density at radius 2 is 2.27 bits per heavy atom. The number of nitrogens with zero attached hydrogens (tertiary/aromatic N) is 1. The molecule has 1 heterocycles. The molecule has 0 atom stereocenters. The van der Waals surface area contributed by atoms with Gasteiger partial charge in [0.1, 0.15) is 0 Å². The molecule has 0 saturated carbocycles. The van der Waals surface area contributed by atoms with Crippen molar-refractivity contribution in [1.29, 1.82) is 0 Å².